The quantitative estimate of drug-likeness (QED) is 0.288. The number of non-ortho nitro benzene ring substituents is 1. The average Bonchev–Trinajstić information content (AvgIpc) is 2.36. The van der Waals surface area contributed by atoms with Gasteiger partial charge >= 0.3 is 6.09 Å². The SMILES string of the molecule is C[C@@H](CN=[N+]=[N-])NC(=O)Oc1ccc([N+](=O)[O-])cc1. The van der Waals surface area contributed by atoms with Crippen LogP contribution in [0.15, 0.2) is 29.4 Å². The molecule has 0 aliphatic carbocycles. The van der Waals surface area contributed by atoms with Crippen molar-refractivity contribution in [1.29, 1.82) is 0 Å². The van der Waals surface area contributed by atoms with Gasteiger partial charge < -0.3 is 10.1 Å². The van der Waals surface area contributed by atoms with Gasteiger partial charge in [0.15, 0.2) is 0 Å². The monoisotopic (exact) mass is 265 g/mol. The summed E-state index contributed by atoms with van der Waals surface area (Å²) in [5.74, 6) is 0.180. The summed E-state index contributed by atoms with van der Waals surface area (Å²) in [5.41, 5.74) is 8.02. The molecule has 100 valence electrons. The zero-order valence-corrected chi connectivity index (χ0v) is 10.0. The fourth-order valence-electron chi connectivity index (χ4n) is 1.18. The van der Waals surface area contributed by atoms with Crippen molar-refractivity contribution < 1.29 is 14.5 Å². The summed E-state index contributed by atoms with van der Waals surface area (Å²) >= 11 is 0. The number of nitrogens with zero attached hydrogens (tertiary/aromatic N) is 4. The fourth-order valence-corrected chi connectivity index (χ4v) is 1.18. The second-order valence-corrected chi connectivity index (χ2v) is 3.60. The minimum Gasteiger partial charge on any atom is -0.410 e. The molecule has 1 rings (SSSR count). The molecule has 0 bridgehead atoms. The number of rotatable bonds is 5. The molecular weight excluding hydrogens is 254 g/mol. The molecule has 0 radical (unpaired) electrons. The molecule has 0 unspecified atom stereocenters. The van der Waals surface area contributed by atoms with Crippen LogP contribution >= 0.6 is 0 Å². The van der Waals surface area contributed by atoms with Gasteiger partial charge in [-0.2, -0.15) is 0 Å². The molecule has 0 spiro atoms. The van der Waals surface area contributed by atoms with Crippen molar-refractivity contribution in [2.45, 2.75) is 13.0 Å². The maximum Gasteiger partial charge on any atom is 0.412 e. The minimum atomic E-state index is -0.727. The number of carbonyl (C=O) groups excluding carboxylic acids is 1. The highest BCUT2D eigenvalue weighted by atomic mass is 16.6. The molecule has 1 atom stereocenters. The standard InChI is InChI=1S/C10H11N5O4/c1-7(6-12-14-11)13-10(16)19-9-4-2-8(3-5-9)15(17)18/h2-5,7H,6H2,1H3,(H,13,16)/t7-/m0/s1. The van der Waals surface area contributed by atoms with Gasteiger partial charge in [0.25, 0.3) is 5.69 Å². The third-order valence-electron chi connectivity index (χ3n) is 2.04. The molecule has 0 saturated carbocycles. The molecule has 0 aliphatic heterocycles. The summed E-state index contributed by atoms with van der Waals surface area (Å²) in [6.07, 6.45) is -0.727. The predicted molar refractivity (Wildman–Crippen MR) is 65.7 cm³/mol. The Labute approximate surface area is 108 Å². The van der Waals surface area contributed by atoms with Crippen LogP contribution in [0.25, 0.3) is 10.4 Å². The van der Waals surface area contributed by atoms with Gasteiger partial charge in [-0.3, -0.25) is 10.1 Å². The number of carbonyl (C=O) groups is 1. The van der Waals surface area contributed by atoms with Gasteiger partial charge in [-0.1, -0.05) is 5.11 Å². The van der Waals surface area contributed by atoms with Gasteiger partial charge in [0, 0.05) is 29.6 Å². The highest BCUT2D eigenvalue weighted by Crippen LogP contribution is 2.17. The van der Waals surface area contributed by atoms with E-state index in [2.05, 4.69) is 15.3 Å². The minimum absolute atomic E-state index is 0.0931. The number of ether oxygens (including phenoxy) is 1. The first-order chi connectivity index (χ1) is 9.02. The van der Waals surface area contributed by atoms with Crippen molar-refractivity contribution in [3.05, 3.63) is 44.8 Å². The van der Waals surface area contributed by atoms with Crippen LogP contribution in [0.2, 0.25) is 0 Å². The second-order valence-electron chi connectivity index (χ2n) is 3.60. The van der Waals surface area contributed by atoms with E-state index >= 15 is 0 Å². The van der Waals surface area contributed by atoms with Crippen molar-refractivity contribution in [2.24, 2.45) is 5.11 Å². The summed E-state index contributed by atoms with van der Waals surface area (Å²) in [7, 11) is 0. The van der Waals surface area contributed by atoms with Crippen LogP contribution in [-0.4, -0.2) is 23.6 Å². The second kappa shape index (κ2) is 6.82. The molecule has 9 heteroatoms. The van der Waals surface area contributed by atoms with Crippen molar-refractivity contribution in [1.82, 2.24) is 5.32 Å². The third kappa shape index (κ3) is 4.92. The smallest absolute Gasteiger partial charge is 0.410 e. The molecule has 1 amide bonds. The number of nitro benzene ring substituents is 1. The number of hydrogen-bond acceptors (Lipinski definition) is 5. The molecule has 1 aromatic rings. The largest absolute Gasteiger partial charge is 0.412 e. The normalized spacial score (nSPS) is 11.0. The van der Waals surface area contributed by atoms with Crippen LogP contribution in [0.4, 0.5) is 10.5 Å². The number of nitro groups is 1. The topological polar surface area (TPSA) is 130 Å². The van der Waals surface area contributed by atoms with E-state index in [1.807, 2.05) is 0 Å². The highest BCUT2D eigenvalue weighted by molar-refractivity contribution is 5.70. The van der Waals surface area contributed by atoms with Crippen molar-refractivity contribution in [3.63, 3.8) is 0 Å². The Bertz CT molecular complexity index is 509. The number of amides is 1. The Hall–Kier alpha value is -2.80. The van der Waals surface area contributed by atoms with Crippen molar-refractivity contribution >= 4 is 11.8 Å². The van der Waals surface area contributed by atoms with E-state index in [1.54, 1.807) is 6.92 Å². The van der Waals surface area contributed by atoms with Crippen LogP contribution in [0.1, 0.15) is 6.92 Å². The Morgan fingerprint density at radius 2 is 2.21 bits per heavy atom. The molecule has 9 nitrogen and oxygen atoms in total. The Balaban J connectivity index is 2.52. The molecule has 0 saturated heterocycles. The average molecular weight is 265 g/mol. The molecule has 1 aromatic carbocycles. The van der Waals surface area contributed by atoms with E-state index in [-0.39, 0.29) is 24.0 Å². The predicted octanol–water partition coefficient (Wildman–Crippen LogP) is 2.38. The summed E-state index contributed by atoms with van der Waals surface area (Å²) in [6.45, 7) is 1.75. The zero-order chi connectivity index (χ0) is 14.3. The first-order valence-electron chi connectivity index (χ1n) is 5.26. The van der Waals surface area contributed by atoms with Crippen molar-refractivity contribution in [2.75, 3.05) is 6.54 Å². The van der Waals surface area contributed by atoms with Gasteiger partial charge in [-0.05, 0) is 24.6 Å². The first kappa shape index (κ1) is 14.3. The van der Waals surface area contributed by atoms with Gasteiger partial charge in [0.05, 0.1) is 4.92 Å². The fraction of sp³-hybridized carbons (Fsp3) is 0.300. The first-order valence-corrected chi connectivity index (χ1v) is 5.26. The maximum atomic E-state index is 11.4. The lowest BCUT2D eigenvalue weighted by Crippen LogP contribution is -2.36. The summed E-state index contributed by atoms with van der Waals surface area (Å²) in [4.78, 5) is 23.8. The van der Waals surface area contributed by atoms with Crippen molar-refractivity contribution in [3.8, 4) is 5.75 Å². The third-order valence-corrected chi connectivity index (χ3v) is 2.04. The summed E-state index contributed by atoms with van der Waals surface area (Å²) in [5, 5.41) is 16.2. The van der Waals surface area contributed by atoms with Gasteiger partial charge in [-0.15, -0.1) is 0 Å². The molecule has 0 heterocycles. The van der Waals surface area contributed by atoms with Crippen LogP contribution in [0.5, 0.6) is 5.75 Å². The Kier molecular flexibility index (Phi) is 5.12. The Morgan fingerprint density at radius 3 is 2.74 bits per heavy atom. The maximum absolute atomic E-state index is 11.4. The van der Waals surface area contributed by atoms with Crippen LogP contribution in [-0.2, 0) is 0 Å². The van der Waals surface area contributed by atoms with Gasteiger partial charge in [0.1, 0.15) is 5.75 Å². The molecule has 19 heavy (non-hydrogen) atoms. The van der Waals surface area contributed by atoms with E-state index in [9.17, 15) is 14.9 Å². The lowest BCUT2D eigenvalue weighted by Gasteiger charge is -2.11. The summed E-state index contributed by atoms with van der Waals surface area (Å²) in [6, 6.07) is 4.71. The number of hydrogen-bond donors (Lipinski definition) is 1. The molecule has 0 aromatic heterocycles. The molecular formula is C10H11N5O4. The lowest BCUT2D eigenvalue weighted by molar-refractivity contribution is -0.384. The summed E-state index contributed by atoms with van der Waals surface area (Å²) < 4.78 is 4.89. The zero-order valence-electron chi connectivity index (χ0n) is 10.0. The number of benzene rings is 1. The molecule has 0 aliphatic rings. The highest BCUT2D eigenvalue weighted by Gasteiger charge is 2.10. The van der Waals surface area contributed by atoms with Crippen LogP contribution in [0.3, 0.4) is 0 Å². The van der Waals surface area contributed by atoms with E-state index < -0.39 is 11.0 Å². The van der Waals surface area contributed by atoms with Crippen LogP contribution in [0, 0.1) is 10.1 Å². The number of nitrogens with one attached hydrogen (secondary N) is 1. The number of azide groups is 1. The van der Waals surface area contributed by atoms with E-state index in [0.29, 0.717) is 0 Å². The van der Waals surface area contributed by atoms with Crippen LogP contribution < -0.4 is 10.1 Å². The van der Waals surface area contributed by atoms with Gasteiger partial charge in [0.2, 0.25) is 0 Å². The Morgan fingerprint density at radius 1 is 1.58 bits per heavy atom. The molecule has 0 fully saturated rings. The van der Waals surface area contributed by atoms with Gasteiger partial charge in [-0.25, -0.2) is 4.79 Å². The lowest BCUT2D eigenvalue weighted by atomic mass is 10.3. The van der Waals surface area contributed by atoms with E-state index in [1.165, 1.54) is 24.3 Å². The molecule has 1 N–H and O–H groups in total. The van der Waals surface area contributed by atoms with E-state index in [0.717, 1.165) is 0 Å². The van der Waals surface area contributed by atoms with E-state index in [4.69, 9.17) is 10.3 Å².